The summed E-state index contributed by atoms with van der Waals surface area (Å²) < 4.78 is 17.0. The zero-order chi connectivity index (χ0) is 59.9. The average molecular weight is 1160 g/mol. The Morgan fingerprint density at radius 2 is 0.470 bits per heavy atom. The second-order valence-corrected chi connectivity index (χ2v) is 23.8. The van der Waals surface area contributed by atoms with Gasteiger partial charge in [-0.1, -0.05) is 330 Å². The van der Waals surface area contributed by atoms with E-state index in [2.05, 4.69) is 118 Å². The Kier molecular flexibility index (Phi) is 67.7. The molecule has 0 heterocycles. The minimum atomic E-state index is -0.785. The SMILES string of the molecule is CC/C=C\C/C=C\C/C=C\C/C=C\C/C=C\CCCCCCCCCCCCCCCC(=O)OCC(COC(=O)CCCCCCCCCCCCCCCCCCC)OC(=O)CCCCCCCC/C=C\C/C=C\C/C=C\CCCCC. The Hall–Kier alpha value is -3.67. The second-order valence-electron chi connectivity index (χ2n) is 23.8. The maximum Gasteiger partial charge on any atom is 0.306 e. The molecule has 83 heavy (non-hydrogen) atoms. The van der Waals surface area contributed by atoms with E-state index in [4.69, 9.17) is 14.2 Å². The van der Waals surface area contributed by atoms with Gasteiger partial charge in [0, 0.05) is 19.3 Å². The molecule has 0 radical (unpaired) electrons. The van der Waals surface area contributed by atoms with E-state index in [1.807, 2.05) is 0 Å². The maximum atomic E-state index is 13.0. The van der Waals surface area contributed by atoms with Crippen molar-refractivity contribution >= 4 is 17.9 Å². The largest absolute Gasteiger partial charge is 0.462 e. The lowest BCUT2D eigenvalue weighted by Gasteiger charge is -2.18. The first-order valence-electron chi connectivity index (χ1n) is 35.7. The van der Waals surface area contributed by atoms with E-state index in [1.54, 1.807) is 0 Å². The molecule has 6 nitrogen and oxygen atoms in total. The van der Waals surface area contributed by atoms with E-state index >= 15 is 0 Å². The van der Waals surface area contributed by atoms with Gasteiger partial charge in [0.2, 0.25) is 0 Å². The lowest BCUT2D eigenvalue weighted by atomic mass is 10.0. The van der Waals surface area contributed by atoms with Crippen LogP contribution in [-0.2, 0) is 28.6 Å². The third-order valence-electron chi connectivity index (χ3n) is 15.6. The summed E-state index contributed by atoms with van der Waals surface area (Å²) in [5.41, 5.74) is 0. The molecule has 0 saturated carbocycles. The molecule has 0 aromatic heterocycles. The Labute approximate surface area is 515 Å². The van der Waals surface area contributed by atoms with E-state index in [-0.39, 0.29) is 31.1 Å². The summed E-state index contributed by atoms with van der Waals surface area (Å²) in [6.07, 6.45) is 95.7. The Balaban J connectivity index is 4.32. The van der Waals surface area contributed by atoms with Crippen LogP contribution < -0.4 is 0 Å². The topological polar surface area (TPSA) is 78.9 Å². The number of carbonyl (C=O) groups is 3. The minimum Gasteiger partial charge on any atom is -0.462 e. The minimum absolute atomic E-state index is 0.0789. The first-order valence-corrected chi connectivity index (χ1v) is 35.7. The summed E-state index contributed by atoms with van der Waals surface area (Å²) in [5.74, 6) is -0.874. The zero-order valence-electron chi connectivity index (χ0n) is 54.9. The van der Waals surface area contributed by atoms with Crippen molar-refractivity contribution in [1.82, 2.24) is 0 Å². The van der Waals surface area contributed by atoms with Crippen LogP contribution in [0.3, 0.4) is 0 Å². The number of rotatable bonds is 65. The highest BCUT2D eigenvalue weighted by atomic mass is 16.6. The average Bonchev–Trinajstić information content (AvgIpc) is 3.49. The standard InChI is InChI=1S/C77H134O6/c1-4-7-10-13-16-19-22-25-28-31-33-34-35-36-37-38-39-40-41-42-44-46-49-52-55-58-61-64-67-70-76(79)82-73-74(72-81-75(78)69-66-63-60-57-54-51-48-45-30-27-24-21-18-15-12-9-6-3)83-77(80)71-68-65-62-59-56-53-50-47-43-32-29-26-23-20-17-14-11-8-5-2/h7,10,16-17,19-20,25-26,28-29,33-34,36-37,43,47,74H,4-6,8-9,11-15,18,21-24,27,30-32,35,38-42,44-46,48-73H2,1-3H3/b10-7-,19-16-,20-17-,28-25-,29-26-,34-33-,37-36-,47-43-. The molecule has 0 bridgehead atoms. The van der Waals surface area contributed by atoms with E-state index in [1.165, 1.54) is 199 Å². The number of carbonyl (C=O) groups excluding carboxylic acids is 3. The van der Waals surface area contributed by atoms with Gasteiger partial charge in [-0.25, -0.2) is 0 Å². The molecular weight excluding hydrogens is 1020 g/mol. The third-order valence-corrected chi connectivity index (χ3v) is 15.6. The highest BCUT2D eigenvalue weighted by molar-refractivity contribution is 5.71. The fourth-order valence-electron chi connectivity index (χ4n) is 10.2. The van der Waals surface area contributed by atoms with Crippen molar-refractivity contribution in [3.8, 4) is 0 Å². The van der Waals surface area contributed by atoms with E-state index in [0.29, 0.717) is 19.3 Å². The van der Waals surface area contributed by atoms with Crippen LogP contribution in [0.5, 0.6) is 0 Å². The summed E-state index contributed by atoms with van der Waals surface area (Å²) in [6, 6.07) is 0. The van der Waals surface area contributed by atoms with Crippen molar-refractivity contribution in [2.24, 2.45) is 0 Å². The Bertz CT molecular complexity index is 1610. The van der Waals surface area contributed by atoms with Crippen molar-refractivity contribution < 1.29 is 28.6 Å². The van der Waals surface area contributed by atoms with Gasteiger partial charge in [0.1, 0.15) is 13.2 Å². The quantitative estimate of drug-likeness (QED) is 0.0261. The van der Waals surface area contributed by atoms with E-state index in [9.17, 15) is 14.4 Å². The van der Waals surface area contributed by atoms with Gasteiger partial charge in [-0.15, -0.1) is 0 Å². The first-order chi connectivity index (χ1) is 41.0. The molecule has 0 saturated heterocycles. The Morgan fingerprint density at radius 3 is 0.759 bits per heavy atom. The van der Waals surface area contributed by atoms with Crippen LogP contribution in [0.4, 0.5) is 0 Å². The molecule has 0 aliphatic carbocycles. The highest BCUT2D eigenvalue weighted by Crippen LogP contribution is 2.18. The number of unbranched alkanes of at least 4 members (excludes halogenated alkanes) is 38. The third kappa shape index (κ3) is 69.0. The molecule has 0 fully saturated rings. The summed E-state index contributed by atoms with van der Waals surface area (Å²) >= 11 is 0. The van der Waals surface area contributed by atoms with Crippen molar-refractivity contribution in [2.45, 2.75) is 361 Å². The normalized spacial score (nSPS) is 12.7. The molecule has 1 unspecified atom stereocenters. The lowest BCUT2D eigenvalue weighted by Crippen LogP contribution is -2.30. The van der Waals surface area contributed by atoms with Crippen molar-refractivity contribution in [3.63, 3.8) is 0 Å². The predicted molar refractivity (Wildman–Crippen MR) is 362 cm³/mol. The molecule has 0 N–H and O–H groups in total. The van der Waals surface area contributed by atoms with Gasteiger partial charge in [-0.2, -0.15) is 0 Å². The van der Waals surface area contributed by atoms with Crippen LogP contribution in [0, 0.1) is 0 Å². The van der Waals surface area contributed by atoms with Gasteiger partial charge in [-0.05, 0) is 103 Å². The fraction of sp³-hybridized carbons (Fsp3) is 0.753. The number of esters is 3. The molecule has 0 aromatic rings. The molecule has 0 aromatic carbocycles. The van der Waals surface area contributed by atoms with Crippen LogP contribution in [0.1, 0.15) is 355 Å². The second kappa shape index (κ2) is 70.8. The molecule has 0 aliphatic heterocycles. The monoisotopic (exact) mass is 1160 g/mol. The number of allylic oxidation sites excluding steroid dienone is 16. The molecule has 0 spiro atoms. The van der Waals surface area contributed by atoms with Crippen molar-refractivity contribution in [3.05, 3.63) is 97.2 Å². The zero-order valence-corrected chi connectivity index (χ0v) is 54.9. The van der Waals surface area contributed by atoms with Gasteiger partial charge >= 0.3 is 17.9 Å². The van der Waals surface area contributed by atoms with E-state index < -0.39 is 6.10 Å². The molecule has 0 aliphatic rings. The smallest absolute Gasteiger partial charge is 0.306 e. The first kappa shape index (κ1) is 79.3. The van der Waals surface area contributed by atoms with Crippen LogP contribution in [0.2, 0.25) is 0 Å². The van der Waals surface area contributed by atoms with Crippen molar-refractivity contribution in [1.29, 1.82) is 0 Å². The molecular formula is C77H134O6. The molecule has 6 heteroatoms. The van der Waals surface area contributed by atoms with Crippen LogP contribution >= 0.6 is 0 Å². The summed E-state index contributed by atoms with van der Waals surface area (Å²) in [5, 5.41) is 0. The van der Waals surface area contributed by atoms with Crippen LogP contribution in [-0.4, -0.2) is 37.2 Å². The molecule has 1 atom stereocenters. The van der Waals surface area contributed by atoms with Gasteiger partial charge < -0.3 is 14.2 Å². The fourth-order valence-corrected chi connectivity index (χ4v) is 10.2. The number of ether oxygens (including phenoxy) is 3. The van der Waals surface area contributed by atoms with Gasteiger partial charge in [0.05, 0.1) is 0 Å². The van der Waals surface area contributed by atoms with Crippen LogP contribution in [0.25, 0.3) is 0 Å². The molecule has 478 valence electrons. The van der Waals surface area contributed by atoms with Gasteiger partial charge in [0.15, 0.2) is 6.10 Å². The maximum absolute atomic E-state index is 13.0. The summed E-state index contributed by atoms with van der Waals surface area (Å²) in [7, 11) is 0. The highest BCUT2D eigenvalue weighted by Gasteiger charge is 2.19. The molecule has 0 rings (SSSR count). The van der Waals surface area contributed by atoms with Crippen molar-refractivity contribution in [2.75, 3.05) is 13.2 Å². The summed E-state index contributed by atoms with van der Waals surface area (Å²) in [6.45, 7) is 6.54. The summed E-state index contributed by atoms with van der Waals surface area (Å²) in [4.78, 5) is 38.5. The van der Waals surface area contributed by atoms with E-state index in [0.717, 1.165) is 116 Å². The molecule has 0 amide bonds. The van der Waals surface area contributed by atoms with Gasteiger partial charge in [0.25, 0.3) is 0 Å². The van der Waals surface area contributed by atoms with Crippen LogP contribution in [0.15, 0.2) is 97.2 Å². The van der Waals surface area contributed by atoms with Gasteiger partial charge in [-0.3, -0.25) is 14.4 Å². The number of hydrogen-bond acceptors (Lipinski definition) is 6. The number of hydrogen-bond donors (Lipinski definition) is 0. The Morgan fingerprint density at radius 1 is 0.253 bits per heavy atom. The predicted octanol–water partition coefficient (Wildman–Crippen LogP) is 24.8. The lowest BCUT2D eigenvalue weighted by molar-refractivity contribution is -0.167.